The van der Waals surface area contributed by atoms with E-state index in [4.69, 9.17) is 9.40 Å². The van der Waals surface area contributed by atoms with Gasteiger partial charge < -0.3 is 4.42 Å². The average Bonchev–Trinajstić information content (AvgIpc) is 3.28. The normalized spacial score (nSPS) is 16.8. The number of hydrogen-bond acceptors (Lipinski definition) is 3. The van der Waals surface area contributed by atoms with Crippen LogP contribution in [0.2, 0.25) is 0 Å². The van der Waals surface area contributed by atoms with E-state index in [1.54, 1.807) is 29.7 Å². The number of aromatic nitrogens is 1. The smallest absolute Gasteiger partial charge is 0.134 e. The second kappa shape index (κ2) is 6.06. The molecule has 1 aliphatic rings. The third-order valence-electron chi connectivity index (χ3n) is 5.19. The molecule has 0 N–H and O–H groups in total. The summed E-state index contributed by atoms with van der Waals surface area (Å²) >= 11 is 1.80. The molecular formula is C22H18FNOS. The van der Waals surface area contributed by atoms with Gasteiger partial charge in [0.15, 0.2) is 0 Å². The molecule has 130 valence electrons. The van der Waals surface area contributed by atoms with E-state index in [-0.39, 0.29) is 5.82 Å². The summed E-state index contributed by atoms with van der Waals surface area (Å²) < 4.78 is 19.1. The molecular weight excluding hydrogens is 345 g/mol. The summed E-state index contributed by atoms with van der Waals surface area (Å²) in [5.41, 5.74) is 4.30. The number of furan rings is 1. The van der Waals surface area contributed by atoms with E-state index in [2.05, 4.69) is 13.0 Å². The molecule has 0 fully saturated rings. The van der Waals surface area contributed by atoms with Gasteiger partial charge in [-0.25, -0.2) is 9.37 Å². The quantitative estimate of drug-likeness (QED) is 0.407. The SMILES string of the molecule is C[C@H]1CCc2c(sc3nc(-c4ccc(F)cc4)cc(-c4ccco4)c23)C1. The van der Waals surface area contributed by atoms with Gasteiger partial charge in [-0.3, -0.25) is 0 Å². The van der Waals surface area contributed by atoms with Crippen molar-refractivity contribution >= 4 is 21.6 Å². The van der Waals surface area contributed by atoms with E-state index in [0.29, 0.717) is 0 Å². The number of hydrogen-bond donors (Lipinski definition) is 0. The maximum absolute atomic E-state index is 13.3. The van der Waals surface area contributed by atoms with Gasteiger partial charge in [0.1, 0.15) is 16.4 Å². The Labute approximate surface area is 155 Å². The number of nitrogens with zero attached hydrogens (tertiary/aromatic N) is 1. The predicted octanol–water partition coefficient (Wildman–Crippen LogP) is 6.49. The summed E-state index contributed by atoms with van der Waals surface area (Å²) in [4.78, 5) is 7.44. The van der Waals surface area contributed by atoms with E-state index < -0.39 is 0 Å². The molecule has 1 aliphatic carbocycles. The topological polar surface area (TPSA) is 26.0 Å². The van der Waals surface area contributed by atoms with Crippen molar-refractivity contribution in [1.29, 1.82) is 0 Å². The van der Waals surface area contributed by atoms with Crippen molar-refractivity contribution in [2.45, 2.75) is 26.2 Å². The number of benzene rings is 1. The molecule has 5 rings (SSSR count). The lowest BCUT2D eigenvalue weighted by Crippen LogP contribution is -2.08. The summed E-state index contributed by atoms with van der Waals surface area (Å²) in [7, 11) is 0. The number of fused-ring (bicyclic) bond motifs is 3. The van der Waals surface area contributed by atoms with E-state index in [1.165, 1.54) is 34.4 Å². The minimum absolute atomic E-state index is 0.235. The summed E-state index contributed by atoms with van der Waals surface area (Å²) in [5, 5.41) is 1.23. The molecule has 4 aromatic rings. The summed E-state index contributed by atoms with van der Waals surface area (Å²) in [6, 6.07) is 12.5. The standard InChI is InChI=1S/C22H18FNOS/c1-13-4-9-16-20(11-13)26-22-21(16)17(19-3-2-10-25-19)12-18(24-22)14-5-7-15(23)8-6-14/h2-3,5-8,10,12-13H,4,9,11H2,1H3/t13-/m0/s1. The second-order valence-electron chi connectivity index (χ2n) is 7.07. The Morgan fingerprint density at radius 1 is 1.19 bits per heavy atom. The zero-order valence-electron chi connectivity index (χ0n) is 14.5. The molecule has 2 nitrogen and oxygen atoms in total. The van der Waals surface area contributed by atoms with E-state index in [9.17, 15) is 4.39 Å². The number of halogens is 1. The molecule has 0 spiro atoms. The number of aryl methyl sites for hydroxylation is 1. The van der Waals surface area contributed by atoms with Gasteiger partial charge >= 0.3 is 0 Å². The first-order chi connectivity index (χ1) is 12.7. The van der Waals surface area contributed by atoms with Crippen LogP contribution < -0.4 is 0 Å². The van der Waals surface area contributed by atoms with E-state index in [1.807, 2.05) is 12.1 Å². The molecule has 0 amide bonds. The van der Waals surface area contributed by atoms with Crippen molar-refractivity contribution in [3.63, 3.8) is 0 Å². The van der Waals surface area contributed by atoms with Crippen LogP contribution in [-0.2, 0) is 12.8 Å². The lowest BCUT2D eigenvalue weighted by molar-refractivity contribution is 0.509. The van der Waals surface area contributed by atoms with Crippen LogP contribution in [0.3, 0.4) is 0 Å². The summed E-state index contributed by atoms with van der Waals surface area (Å²) in [5.74, 6) is 1.35. The minimum Gasteiger partial charge on any atom is -0.464 e. The Bertz CT molecular complexity index is 1080. The molecule has 0 radical (unpaired) electrons. The number of thiophene rings is 1. The van der Waals surface area contributed by atoms with Crippen LogP contribution in [0.4, 0.5) is 4.39 Å². The Kier molecular flexibility index (Phi) is 3.68. The monoisotopic (exact) mass is 363 g/mol. The minimum atomic E-state index is -0.235. The molecule has 3 heterocycles. The van der Waals surface area contributed by atoms with Gasteiger partial charge in [-0.2, -0.15) is 0 Å². The molecule has 3 aromatic heterocycles. The Morgan fingerprint density at radius 2 is 2.04 bits per heavy atom. The molecule has 26 heavy (non-hydrogen) atoms. The van der Waals surface area contributed by atoms with Crippen molar-refractivity contribution < 1.29 is 8.81 Å². The Balaban J connectivity index is 1.78. The molecule has 0 saturated carbocycles. The molecule has 0 aliphatic heterocycles. The van der Waals surface area contributed by atoms with Crippen molar-refractivity contribution in [2.24, 2.45) is 5.92 Å². The summed E-state index contributed by atoms with van der Waals surface area (Å²) in [6.07, 6.45) is 5.15. The fourth-order valence-electron chi connectivity index (χ4n) is 3.84. The lowest BCUT2D eigenvalue weighted by Gasteiger charge is -2.18. The Hall–Kier alpha value is -2.46. The highest BCUT2D eigenvalue weighted by molar-refractivity contribution is 7.19. The van der Waals surface area contributed by atoms with Crippen molar-refractivity contribution in [1.82, 2.24) is 4.98 Å². The Morgan fingerprint density at radius 3 is 2.81 bits per heavy atom. The molecule has 0 saturated heterocycles. The van der Waals surface area contributed by atoms with Crippen molar-refractivity contribution in [3.05, 3.63) is 65.0 Å². The van der Waals surface area contributed by atoms with Gasteiger partial charge in [0.05, 0.1) is 12.0 Å². The van der Waals surface area contributed by atoms with Gasteiger partial charge in [0.2, 0.25) is 0 Å². The highest BCUT2D eigenvalue weighted by Gasteiger charge is 2.24. The molecule has 4 heteroatoms. The maximum Gasteiger partial charge on any atom is 0.134 e. The third-order valence-corrected chi connectivity index (χ3v) is 6.34. The first-order valence-corrected chi connectivity index (χ1v) is 9.76. The van der Waals surface area contributed by atoms with Gasteiger partial charge in [0.25, 0.3) is 0 Å². The first-order valence-electron chi connectivity index (χ1n) is 8.94. The van der Waals surface area contributed by atoms with Gasteiger partial charge in [-0.15, -0.1) is 11.3 Å². The second-order valence-corrected chi connectivity index (χ2v) is 8.15. The molecule has 0 unspecified atom stereocenters. The average molecular weight is 363 g/mol. The van der Waals surface area contributed by atoms with Crippen LogP contribution in [0.15, 0.2) is 53.1 Å². The van der Waals surface area contributed by atoms with Crippen LogP contribution in [0.5, 0.6) is 0 Å². The van der Waals surface area contributed by atoms with Crippen LogP contribution in [-0.4, -0.2) is 4.98 Å². The summed E-state index contributed by atoms with van der Waals surface area (Å²) in [6.45, 7) is 2.32. The first kappa shape index (κ1) is 15.8. The molecule has 0 bridgehead atoms. The van der Waals surface area contributed by atoms with E-state index in [0.717, 1.165) is 46.2 Å². The predicted molar refractivity (Wildman–Crippen MR) is 104 cm³/mol. The molecule has 1 atom stereocenters. The fourth-order valence-corrected chi connectivity index (χ4v) is 5.25. The highest BCUT2D eigenvalue weighted by Crippen LogP contribution is 2.43. The largest absolute Gasteiger partial charge is 0.464 e. The highest BCUT2D eigenvalue weighted by atomic mass is 32.1. The zero-order chi connectivity index (χ0) is 17.7. The van der Waals surface area contributed by atoms with Crippen molar-refractivity contribution in [3.8, 4) is 22.6 Å². The maximum atomic E-state index is 13.3. The van der Waals surface area contributed by atoms with Crippen LogP contribution in [0.1, 0.15) is 23.8 Å². The van der Waals surface area contributed by atoms with Crippen LogP contribution in [0, 0.1) is 11.7 Å². The van der Waals surface area contributed by atoms with Gasteiger partial charge in [-0.05, 0) is 73.2 Å². The number of pyridine rings is 1. The van der Waals surface area contributed by atoms with Crippen molar-refractivity contribution in [2.75, 3.05) is 0 Å². The van der Waals surface area contributed by atoms with Gasteiger partial charge in [-0.1, -0.05) is 6.92 Å². The van der Waals surface area contributed by atoms with E-state index >= 15 is 0 Å². The van der Waals surface area contributed by atoms with Gasteiger partial charge in [0, 0.05) is 21.4 Å². The fraction of sp³-hybridized carbons (Fsp3) is 0.227. The lowest BCUT2D eigenvalue weighted by atomic mass is 9.88. The number of rotatable bonds is 2. The molecule has 1 aromatic carbocycles. The third kappa shape index (κ3) is 2.56. The van der Waals surface area contributed by atoms with Crippen LogP contribution in [0.25, 0.3) is 32.8 Å². The van der Waals surface area contributed by atoms with Crippen LogP contribution >= 0.6 is 11.3 Å². The zero-order valence-corrected chi connectivity index (χ0v) is 15.3.